The number of nitrogens with zero attached hydrogens (tertiary/aromatic N) is 2. The summed E-state index contributed by atoms with van der Waals surface area (Å²) in [5.74, 6) is 0. The van der Waals surface area contributed by atoms with Crippen molar-refractivity contribution in [2.45, 2.75) is 6.54 Å². The van der Waals surface area contributed by atoms with Gasteiger partial charge in [0.05, 0.1) is 5.69 Å². The molecule has 0 unspecified atom stereocenters. The molecule has 1 aromatic carbocycles. The number of pyridine rings is 1. The first kappa shape index (κ1) is 11.1. The van der Waals surface area contributed by atoms with E-state index in [-0.39, 0.29) is 0 Å². The van der Waals surface area contributed by atoms with Gasteiger partial charge in [0.2, 0.25) is 0 Å². The van der Waals surface area contributed by atoms with E-state index in [1.54, 1.807) is 6.20 Å². The molecule has 0 aliphatic rings. The molecule has 2 nitrogen and oxygen atoms in total. The van der Waals surface area contributed by atoms with Crippen molar-refractivity contribution in [1.29, 1.82) is 0 Å². The number of aromatic nitrogens is 1. The summed E-state index contributed by atoms with van der Waals surface area (Å²) in [4.78, 5) is 6.39. The van der Waals surface area contributed by atoms with Crippen molar-refractivity contribution in [3.8, 4) is 0 Å². The van der Waals surface area contributed by atoms with Gasteiger partial charge < -0.3 is 4.90 Å². The Hall–Kier alpha value is -1.35. The van der Waals surface area contributed by atoms with E-state index in [0.717, 1.165) is 16.8 Å². The predicted molar refractivity (Wildman–Crippen MR) is 70.5 cm³/mol. The number of benzene rings is 1. The Morgan fingerprint density at radius 1 is 1.12 bits per heavy atom. The summed E-state index contributed by atoms with van der Waals surface area (Å²) < 4.78 is 0.883. The first-order valence-corrected chi connectivity index (χ1v) is 5.92. The zero-order valence-electron chi connectivity index (χ0n) is 9.10. The first-order chi connectivity index (χ1) is 7.77. The van der Waals surface area contributed by atoms with Crippen LogP contribution < -0.4 is 4.90 Å². The third kappa shape index (κ3) is 2.61. The summed E-state index contributed by atoms with van der Waals surface area (Å²) in [6, 6.07) is 14.4. The fraction of sp³-hybridized carbons (Fsp3) is 0.154. The minimum Gasteiger partial charge on any atom is -0.368 e. The van der Waals surface area contributed by atoms with Gasteiger partial charge >= 0.3 is 0 Å². The summed E-state index contributed by atoms with van der Waals surface area (Å²) in [5.41, 5.74) is 2.40. The second-order valence-electron chi connectivity index (χ2n) is 3.65. The quantitative estimate of drug-likeness (QED) is 0.798. The summed E-state index contributed by atoms with van der Waals surface area (Å²) in [5, 5.41) is 0. The molecule has 2 aromatic rings. The highest BCUT2D eigenvalue weighted by atomic mass is 79.9. The van der Waals surface area contributed by atoms with Crippen LogP contribution >= 0.6 is 15.9 Å². The lowest BCUT2D eigenvalue weighted by Crippen LogP contribution is -2.16. The second kappa shape index (κ2) is 5.12. The van der Waals surface area contributed by atoms with Gasteiger partial charge in [-0.15, -0.1) is 0 Å². The average molecular weight is 277 g/mol. The van der Waals surface area contributed by atoms with Crippen molar-refractivity contribution in [3.05, 3.63) is 58.8 Å². The molecule has 0 saturated heterocycles. The standard InChI is InChI=1S/C13H13BrN2/c1-16(10-11-6-3-2-4-7-11)12-8-5-9-15-13(12)14/h2-9H,10H2,1H3. The van der Waals surface area contributed by atoms with Crippen LogP contribution in [0.2, 0.25) is 0 Å². The van der Waals surface area contributed by atoms with Gasteiger partial charge in [-0.3, -0.25) is 0 Å². The normalized spacial score (nSPS) is 10.1. The highest BCUT2D eigenvalue weighted by Gasteiger charge is 2.05. The number of hydrogen-bond donors (Lipinski definition) is 0. The Morgan fingerprint density at radius 3 is 2.56 bits per heavy atom. The molecule has 0 aliphatic heterocycles. The summed E-state index contributed by atoms with van der Waals surface area (Å²) in [6.07, 6.45) is 1.78. The SMILES string of the molecule is CN(Cc1ccccc1)c1cccnc1Br. The first-order valence-electron chi connectivity index (χ1n) is 5.13. The van der Waals surface area contributed by atoms with Crippen molar-refractivity contribution in [3.63, 3.8) is 0 Å². The Kier molecular flexibility index (Phi) is 3.57. The van der Waals surface area contributed by atoms with Crippen LogP contribution in [0.3, 0.4) is 0 Å². The van der Waals surface area contributed by atoms with E-state index in [2.05, 4.69) is 63.2 Å². The van der Waals surface area contributed by atoms with E-state index in [1.165, 1.54) is 5.56 Å². The molecule has 0 spiro atoms. The molecule has 2 rings (SSSR count). The largest absolute Gasteiger partial charge is 0.368 e. The molecule has 0 fully saturated rings. The summed E-state index contributed by atoms with van der Waals surface area (Å²) >= 11 is 3.46. The van der Waals surface area contributed by atoms with Crippen LogP contribution in [-0.4, -0.2) is 12.0 Å². The topological polar surface area (TPSA) is 16.1 Å². The Balaban J connectivity index is 2.15. The van der Waals surface area contributed by atoms with Crippen LogP contribution in [0, 0.1) is 0 Å². The summed E-state index contributed by atoms with van der Waals surface area (Å²) in [6.45, 7) is 0.880. The number of halogens is 1. The number of rotatable bonds is 3. The Bertz CT molecular complexity index is 456. The monoisotopic (exact) mass is 276 g/mol. The van der Waals surface area contributed by atoms with Gasteiger partial charge in [0, 0.05) is 19.8 Å². The lowest BCUT2D eigenvalue weighted by atomic mass is 10.2. The van der Waals surface area contributed by atoms with Crippen LogP contribution in [0.5, 0.6) is 0 Å². The zero-order valence-corrected chi connectivity index (χ0v) is 10.7. The van der Waals surface area contributed by atoms with Crippen LogP contribution in [0.1, 0.15) is 5.56 Å². The molecular weight excluding hydrogens is 264 g/mol. The maximum Gasteiger partial charge on any atom is 0.129 e. The van der Waals surface area contributed by atoms with E-state index in [4.69, 9.17) is 0 Å². The maximum absolute atomic E-state index is 4.22. The molecular formula is C13H13BrN2. The van der Waals surface area contributed by atoms with Gasteiger partial charge in [-0.05, 0) is 33.6 Å². The van der Waals surface area contributed by atoms with Crippen molar-refractivity contribution in [1.82, 2.24) is 4.98 Å². The predicted octanol–water partition coefficient (Wildman–Crippen LogP) is 3.48. The fourth-order valence-corrected chi connectivity index (χ4v) is 2.16. The molecule has 1 aromatic heterocycles. The lowest BCUT2D eigenvalue weighted by molar-refractivity contribution is 0.913. The number of anilines is 1. The third-order valence-electron chi connectivity index (χ3n) is 2.41. The van der Waals surface area contributed by atoms with Crippen LogP contribution in [0.4, 0.5) is 5.69 Å². The minimum absolute atomic E-state index is 0.880. The van der Waals surface area contributed by atoms with Gasteiger partial charge in [0.15, 0.2) is 0 Å². The van der Waals surface area contributed by atoms with Crippen LogP contribution in [-0.2, 0) is 6.54 Å². The molecule has 0 atom stereocenters. The fourth-order valence-electron chi connectivity index (χ4n) is 1.60. The minimum atomic E-state index is 0.880. The van der Waals surface area contributed by atoms with Crippen molar-refractivity contribution in [2.24, 2.45) is 0 Å². The van der Waals surface area contributed by atoms with Crippen LogP contribution in [0.15, 0.2) is 53.3 Å². The zero-order chi connectivity index (χ0) is 11.4. The highest BCUT2D eigenvalue weighted by Crippen LogP contribution is 2.23. The van der Waals surface area contributed by atoms with E-state index in [9.17, 15) is 0 Å². The van der Waals surface area contributed by atoms with Crippen LogP contribution in [0.25, 0.3) is 0 Å². The van der Waals surface area contributed by atoms with Gasteiger partial charge in [-0.25, -0.2) is 4.98 Å². The van der Waals surface area contributed by atoms with Gasteiger partial charge in [-0.2, -0.15) is 0 Å². The third-order valence-corrected chi connectivity index (χ3v) is 3.02. The second-order valence-corrected chi connectivity index (χ2v) is 4.41. The molecule has 3 heteroatoms. The molecule has 0 bridgehead atoms. The molecule has 82 valence electrons. The molecule has 0 N–H and O–H groups in total. The molecule has 0 aliphatic carbocycles. The van der Waals surface area contributed by atoms with Crippen molar-refractivity contribution < 1.29 is 0 Å². The van der Waals surface area contributed by atoms with Gasteiger partial charge in [-0.1, -0.05) is 30.3 Å². The average Bonchev–Trinajstić information content (AvgIpc) is 2.31. The number of hydrogen-bond acceptors (Lipinski definition) is 2. The van der Waals surface area contributed by atoms with E-state index < -0.39 is 0 Å². The Morgan fingerprint density at radius 2 is 1.88 bits per heavy atom. The van der Waals surface area contributed by atoms with Gasteiger partial charge in [0.1, 0.15) is 4.60 Å². The molecule has 0 amide bonds. The van der Waals surface area contributed by atoms with E-state index in [0.29, 0.717) is 0 Å². The molecule has 16 heavy (non-hydrogen) atoms. The van der Waals surface area contributed by atoms with Crippen molar-refractivity contribution in [2.75, 3.05) is 11.9 Å². The van der Waals surface area contributed by atoms with Gasteiger partial charge in [0.25, 0.3) is 0 Å². The Labute approximate surface area is 104 Å². The highest BCUT2D eigenvalue weighted by molar-refractivity contribution is 9.10. The molecule has 1 heterocycles. The van der Waals surface area contributed by atoms with E-state index in [1.807, 2.05) is 12.1 Å². The maximum atomic E-state index is 4.22. The molecule has 0 radical (unpaired) electrons. The van der Waals surface area contributed by atoms with E-state index >= 15 is 0 Å². The molecule has 0 saturated carbocycles. The summed E-state index contributed by atoms with van der Waals surface area (Å²) in [7, 11) is 2.06. The van der Waals surface area contributed by atoms with Crippen molar-refractivity contribution >= 4 is 21.6 Å². The smallest absolute Gasteiger partial charge is 0.129 e. The lowest BCUT2D eigenvalue weighted by Gasteiger charge is -2.20.